The van der Waals surface area contributed by atoms with Gasteiger partial charge in [-0.05, 0) is 20.8 Å². The fourth-order valence-corrected chi connectivity index (χ4v) is 1.46. The number of esters is 1. The van der Waals surface area contributed by atoms with Gasteiger partial charge in [0.05, 0.1) is 13.2 Å². The van der Waals surface area contributed by atoms with Crippen molar-refractivity contribution < 1.29 is 28.5 Å². The first-order valence-electron chi connectivity index (χ1n) is 5.20. The first-order chi connectivity index (χ1) is 7.39. The number of aliphatic hydroxyl groups excluding tert-OH is 1. The van der Waals surface area contributed by atoms with E-state index >= 15 is 0 Å². The summed E-state index contributed by atoms with van der Waals surface area (Å²) >= 11 is 0. The molecule has 0 aromatic carbocycles. The standard InChI is InChI=1S/C10H17FO5/c1-4-14-9(13)10(3,11)8(12)7-5-15-6(2)16-7/h6-8,12H,4-5H2,1-3H3/t6?,7-,8-,10-/m1/s1. The van der Waals surface area contributed by atoms with Gasteiger partial charge in [0.1, 0.15) is 12.2 Å². The van der Waals surface area contributed by atoms with Crippen molar-refractivity contribution in [3.05, 3.63) is 0 Å². The summed E-state index contributed by atoms with van der Waals surface area (Å²) in [4.78, 5) is 11.3. The lowest BCUT2D eigenvalue weighted by atomic mass is 9.97. The van der Waals surface area contributed by atoms with Crippen LogP contribution in [-0.4, -0.2) is 48.5 Å². The van der Waals surface area contributed by atoms with E-state index in [4.69, 9.17) is 9.47 Å². The zero-order valence-corrected chi connectivity index (χ0v) is 9.60. The Morgan fingerprint density at radius 3 is 2.81 bits per heavy atom. The van der Waals surface area contributed by atoms with Crippen LogP contribution >= 0.6 is 0 Å². The zero-order chi connectivity index (χ0) is 12.3. The molecule has 5 nitrogen and oxygen atoms in total. The summed E-state index contributed by atoms with van der Waals surface area (Å²) < 4.78 is 28.7. The van der Waals surface area contributed by atoms with Crippen LogP contribution in [0.1, 0.15) is 20.8 Å². The molecule has 0 bridgehead atoms. The molecular weight excluding hydrogens is 219 g/mol. The largest absolute Gasteiger partial charge is 0.464 e. The van der Waals surface area contributed by atoms with Gasteiger partial charge in [-0.2, -0.15) is 0 Å². The van der Waals surface area contributed by atoms with Crippen molar-refractivity contribution in [1.29, 1.82) is 0 Å². The summed E-state index contributed by atoms with van der Waals surface area (Å²) in [5.41, 5.74) is -2.49. The van der Waals surface area contributed by atoms with E-state index in [-0.39, 0.29) is 13.2 Å². The molecule has 1 fully saturated rings. The molecular formula is C10H17FO5. The third-order valence-electron chi connectivity index (χ3n) is 2.44. The lowest BCUT2D eigenvalue weighted by Gasteiger charge is -2.27. The minimum absolute atomic E-state index is 0.0568. The molecule has 0 aromatic rings. The number of carbonyl (C=O) groups excluding carboxylic acids is 1. The van der Waals surface area contributed by atoms with Gasteiger partial charge in [0.25, 0.3) is 0 Å². The highest BCUT2D eigenvalue weighted by molar-refractivity contribution is 5.79. The first-order valence-corrected chi connectivity index (χ1v) is 5.20. The molecule has 4 atom stereocenters. The smallest absolute Gasteiger partial charge is 0.346 e. The van der Waals surface area contributed by atoms with Crippen LogP contribution in [-0.2, 0) is 19.0 Å². The number of aliphatic hydroxyl groups is 1. The molecule has 0 saturated carbocycles. The minimum atomic E-state index is -2.49. The van der Waals surface area contributed by atoms with Gasteiger partial charge in [0.2, 0.25) is 5.67 Å². The molecule has 94 valence electrons. The first kappa shape index (κ1) is 13.3. The van der Waals surface area contributed by atoms with E-state index in [2.05, 4.69) is 4.74 Å². The Bertz CT molecular complexity index is 256. The van der Waals surface area contributed by atoms with Gasteiger partial charge in [-0.25, -0.2) is 9.18 Å². The number of rotatable bonds is 4. The summed E-state index contributed by atoms with van der Waals surface area (Å²) in [6, 6.07) is 0. The van der Waals surface area contributed by atoms with Gasteiger partial charge in [-0.3, -0.25) is 0 Å². The van der Waals surface area contributed by atoms with E-state index in [9.17, 15) is 14.3 Å². The molecule has 6 heteroatoms. The third-order valence-corrected chi connectivity index (χ3v) is 2.44. The SMILES string of the molecule is CCOC(=O)[C@](C)(F)[C@H](O)[C@H]1COC(C)O1. The van der Waals surface area contributed by atoms with Gasteiger partial charge in [-0.1, -0.05) is 0 Å². The van der Waals surface area contributed by atoms with Gasteiger partial charge in [0.15, 0.2) is 6.29 Å². The molecule has 1 heterocycles. The maximum absolute atomic E-state index is 14.0. The second-order valence-electron chi connectivity index (χ2n) is 3.82. The third kappa shape index (κ3) is 2.69. The Labute approximate surface area is 93.5 Å². The van der Waals surface area contributed by atoms with Crippen molar-refractivity contribution in [2.45, 2.75) is 44.9 Å². The number of hydrogen-bond donors (Lipinski definition) is 1. The highest BCUT2D eigenvalue weighted by Crippen LogP contribution is 2.26. The average Bonchev–Trinajstić information content (AvgIpc) is 2.64. The van der Waals surface area contributed by atoms with Crippen molar-refractivity contribution >= 4 is 5.97 Å². The molecule has 0 amide bonds. The maximum Gasteiger partial charge on any atom is 0.346 e. The van der Waals surface area contributed by atoms with Gasteiger partial charge in [-0.15, -0.1) is 0 Å². The number of ether oxygens (including phenoxy) is 3. The van der Waals surface area contributed by atoms with Crippen LogP contribution in [0.2, 0.25) is 0 Å². The van der Waals surface area contributed by atoms with E-state index < -0.39 is 30.1 Å². The normalized spacial score (nSPS) is 30.8. The van der Waals surface area contributed by atoms with Crippen LogP contribution in [0.5, 0.6) is 0 Å². The maximum atomic E-state index is 14.0. The molecule has 1 rings (SSSR count). The Morgan fingerprint density at radius 2 is 2.38 bits per heavy atom. The monoisotopic (exact) mass is 236 g/mol. The fraction of sp³-hybridized carbons (Fsp3) is 0.900. The zero-order valence-electron chi connectivity index (χ0n) is 9.60. The molecule has 1 N–H and O–H groups in total. The Morgan fingerprint density at radius 1 is 1.75 bits per heavy atom. The molecule has 0 spiro atoms. The molecule has 1 unspecified atom stereocenters. The predicted molar refractivity (Wildman–Crippen MR) is 52.4 cm³/mol. The summed E-state index contributed by atoms with van der Waals surface area (Å²) in [5, 5.41) is 9.71. The van der Waals surface area contributed by atoms with Crippen LogP contribution < -0.4 is 0 Å². The van der Waals surface area contributed by atoms with Crippen LogP contribution in [0.4, 0.5) is 4.39 Å². The van der Waals surface area contributed by atoms with E-state index in [0.717, 1.165) is 6.92 Å². The van der Waals surface area contributed by atoms with E-state index in [1.807, 2.05) is 0 Å². The molecule has 0 aliphatic carbocycles. The summed E-state index contributed by atoms with van der Waals surface area (Å²) in [7, 11) is 0. The van der Waals surface area contributed by atoms with Crippen LogP contribution in [0.3, 0.4) is 0 Å². The second kappa shape index (κ2) is 5.07. The summed E-state index contributed by atoms with van der Waals surface area (Å²) in [5.74, 6) is -1.09. The van der Waals surface area contributed by atoms with Crippen molar-refractivity contribution in [3.63, 3.8) is 0 Å². The number of carbonyl (C=O) groups is 1. The molecule has 1 aliphatic heterocycles. The van der Waals surface area contributed by atoms with E-state index in [1.165, 1.54) is 0 Å². The lowest BCUT2D eigenvalue weighted by Crippen LogP contribution is -2.50. The fourth-order valence-electron chi connectivity index (χ4n) is 1.46. The van der Waals surface area contributed by atoms with Gasteiger partial charge in [0, 0.05) is 0 Å². The Hall–Kier alpha value is -0.720. The number of alkyl halides is 1. The second-order valence-corrected chi connectivity index (χ2v) is 3.82. The molecule has 0 radical (unpaired) electrons. The highest BCUT2D eigenvalue weighted by Gasteiger charge is 2.48. The average molecular weight is 236 g/mol. The molecule has 1 saturated heterocycles. The Kier molecular flexibility index (Phi) is 4.23. The number of hydrogen-bond acceptors (Lipinski definition) is 5. The van der Waals surface area contributed by atoms with Crippen LogP contribution in [0.15, 0.2) is 0 Å². The van der Waals surface area contributed by atoms with E-state index in [0.29, 0.717) is 0 Å². The Balaban J connectivity index is 2.63. The number of halogens is 1. The quantitative estimate of drug-likeness (QED) is 0.716. The molecule has 1 aliphatic rings. The molecule has 0 aromatic heterocycles. The van der Waals surface area contributed by atoms with Crippen molar-refractivity contribution in [2.24, 2.45) is 0 Å². The summed E-state index contributed by atoms with van der Waals surface area (Å²) in [6.45, 7) is 4.29. The molecule has 16 heavy (non-hydrogen) atoms. The van der Waals surface area contributed by atoms with Crippen molar-refractivity contribution in [1.82, 2.24) is 0 Å². The van der Waals surface area contributed by atoms with E-state index in [1.54, 1.807) is 13.8 Å². The van der Waals surface area contributed by atoms with Crippen molar-refractivity contribution in [2.75, 3.05) is 13.2 Å². The lowest BCUT2D eigenvalue weighted by molar-refractivity contribution is -0.172. The summed E-state index contributed by atoms with van der Waals surface area (Å²) in [6.07, 6.45) is -2.96. The van der Waals surface area contributed by atoms with Crippen LogP contribution in [0.25, 0.3) is 0 Å². The highest BCUT2D eigenvalue weighted by atomic mass is 19.1. The van der Waals surface area contributed by atoms with Crippen LogP contribution in [0, 0.1) is 0 Å². The van der Waals surface area contributed by atoms with Crippen molar-refractivity contribution in [3.8, 4) is 0 Å². The minimum Gasteiger partial charge on any atom is -0.464 e. The van der Waals surface area contributed by atoms with Gasteiger partial charge >= 0.3 is 5.97 Å². The predicted octanol–water partition coefficient (Wildman–Crippen LogP) is 0.400. The van der Waals surface area contributed by atoms with Gasteiger partial charge < -0.3 is 19.3 Å². The topological polar surface area (TPSA) is 65.0 Å².